The summed E-state index contributed by atoms with van der Waals surface area (Å²) in [5, 5.41) is 16.2. The smallest absolute Gasteiger partial charge is 0.338 e. The molecule has 0 bridgehead atoms. The lowest BCUT2D eigenvalue weighted by atomic mass is 10.0. The summed E-state index contributed by atoms with van der Waals surface area (Å²) in [5.41, 5.74) is 0.831. The molecule has 41 heavy (non-hydrogen) atoms. The van der Waals surface area contributed by atoms with Gasteiger partial charge in [-0.05, 0) is 69.3 Å². The molecule has 0 unspecified atom stereocenters. The molecule has 0 fully saturated rings. The van der Waals surface area contributed by atoms with Crippen LogP contribution in [0.4, 0.5) is 0 Å². The summed E-state index contributed by atoms with van der Waals surface area (Å²) in [6, 6.07) is 15.0. The molecule has 3 aromatic carbocycles. The zero-order valence-corrected chi connectivity index (χ0v) is 24.3. The standard InChI is InChI=1S/C30H32Cl2N2O7/c1-3-39-29(37)20-11-13-21(14-12-20)41-30(38)24(17-19-9-5-4-6-10-19)34-28(36)22-18-23(31)27(25(32)26(22)35)40-16-8-7-15-33-2/h4-6,9-14,18,24,33,35H,3,7-8,15-17H2,1-2H3,(H,34,36)/t24-/m0/s1. The van der Waals surface area contributed by atoms with Crippen LogP contribution in [0.2, 0.25) is 10.0 Å². The van der Waals surface area contributed by atoms with Crippen molar-refractivity contribution in [3.63, 3.8) is 0 Å². The predicted octanol–water partition coefficient (Wildman–Crippen LogP) is 5.20. The number of amides is 1. The quantitative estimate of drug-likeness (QED) is 0.131. The number of esters is 2. The van der Waals surface area contributed by atoms with Crippen LogP contribution in [0.5, 0.6) is 17.2 Å². The summed E-state index contributed by atoms with van der Waals surface area (Å²) < 4.78 is 16.1. The fraction of sp³-hybridized carbons (Fsp3) is 0.300. The molecule has 0 saturated carbocycles. The van der Waals surface area contributed by atoms with Gasteiger partial charge in [0.05, 0.1) is 29.4 Å². The Kier molecular flexibility index (Phi) is 12.3. The van der Waals surface area contributed by atoms with E-state index in [4.69, 9.17) is 37.4 Å². The molecule has 0 aliphatic heterocycles. The maximum atomic E-state index is 13.3. The Morgan fingerprint density at radius 3 is 2.37 bits per heavy atom. The van der Waals surface area contributed by atoms with Gasteiger partial charge in [0, 0.05) is 6.42 Å². The Labute approximate surface area is 248 Å². The van der Waals surface area contributed by atoms with Crippen LogP contribution >= 0.6 is 23.2 Å². The van der Waals surface area contributed by atoms with E-state index in [1.165, 1.54) is 30.3 Å². The fourth-order valence-electron chi connectivity index (χ4n) is 3.81. The molecule has 1 atom stereocenters. The van der Waals surface area contributed by atoms with Crippen LogP contribution in [-0.4, -0.2) is 55.8 Å². The summed E-state index contributed by atoms with van der Waals surface area (Å²) in [4.78, 5) is 38.4. The molecule has 0 radical (unpaired) electrons. The van der Waals surface area contributed by atoms with Gasteiger partial charge in [-0.1, -0.05) is 53.5 Å². The van der Waals surface area contributed by atoms with Gasteiger partial charge < -0.3 is 30.0 Å². The maximum Gasteiger partial charge on any atom is 0.338 e. The van der Waals surface area contributed by atoms with Crippen LogP contribution in [0.3, 0.4) is 0 Å². The van der Waals surface area contributed by atoms with Crippen LogP contribution < -0.4 is 20.1 Å². The molecule has 0 heterocycles. The molecule has 9 nitrogen and oxygen atoms in total. The summed E-state index contributed by atoms with van der Waals surface area (Å²) in [6.45, 7) is 3.07. The lowest BCUT2D eigenvalue weighted by molar-refractivity contribution is -0.136. The highest BCUT2D eigenvalue weighted by Gasteiger charge is 2.27. The molecule has 1 amide bonds. The van der Waals surface area contributed by atoms with Gasteiger partial charge in [0.2, 0.25) is 0 Å². The topological polar surface area (TPSA) is 123 Å². The number of phenols is 1. The monoisotopic (exact) mass is 602 g/mol. The summed E-state index contributed by atoms with van der Waals surface area (Å²) in [5.74, 6) is -2.34. The number of hydrogen-bond acceptors (Lipinski definition) is 8. The van der Waals surface area contributed by atoms with Crippen molar-refractivity contribution >= 4 is 41.0 Å². The largest absolute Gasteiger partial charge is 0.505 e. The van der Waals surface area contributed by atoms with Crippen LogP contribution in [-0.2, 0) is 16.0 Å². The number of carbonyl (C=O) groups is 3. The number of unbranched alkanes of at least 4 members (excludes halogenated alkanes) is 1. The van der Waals surface area contributed by atoms with Crippen molar-refractivity contribution < 1.29 is 33.7 Å². The van der Waals surface area contributed by atoms with Crippen LogP contribution in [0, 0.1) is 0 Å². The van der Waals surface area contributed by atoms with Crippen molar-refractivity contribution in [2.24, 2.45) is 0 Å². The molecule has 3 rings (SSSR count). The van der Waals surface area contributed by atoms with Gasteiger partial charge >= 0.3 is 11.9 Å². The SMILES string of the molecule is CCOC(=O)c1ccc(OC(=O)[C@H](Cc2ccccc2)NC(=O)c2cc(Cl)c(OCCCCNC)c(Cl)c2O)cc1. The van der Waals surface area contributed by atoms with E-state index in [2.05, 4.69) is 10.6 Å². The van der Waals surface area contributed by atoms with Gasteiger partial charge in [0.1, 0.15) is 16.8 Å². The van der Waals surface area contributed by atoms with E-state index >= 15 is 0 Å². The Morgan fingerprint density at radius 2 is 1.71 bits per heavy atom. The van der Waals surface area contributed by atoms with Gasteiger partial charge in [-0.15, -0.1) is 0 Å². The highest BCUT2D eigenvalue weighted by molar-refractivity contribution is 6.39. The van der Waals surface area contributed by atoms with Crippen molar-refractivity contribution in [2.75, 3.05) is 26.8 Å². The Bertz CT molecular complexity index is 1330. The highest BCUT2D eigenvalue weighted by Crippen LogP contribution is 2.42. The normalized spacial score (nSPS) is 11.4. The van der Waals surface area contributed by atoms with Crippen molar-refractivity contribution in [2.45, 2.75) is 32.2 Å². The molecular formula is C30H32Cl2N2O7. The fourth-order valence-corrected chi connectivity index (χ4v) is 4.38. The maximum absolute atomic E-state index is 13.3. The number of hydrogen-bond donors (Lipinski definition) is 3. The minimum absolute atomic E-state index is 0.0374. The predicted molar refractivity (Wildman–Crippen MR) is 156 cm³/mol. The third-order valence-electron chi connectivity index (χ3n) is 5.92. The first-order valence-corrected chi connectivity index (χ1v) is 13.8. The number of halogens is 2. The number of benzene rings is 3. The molecule has 0 aromatic heterocycles. The zero-order valence-electron chi connectivity index (χ0n) is 22.7. The number of aromatic hydroxyl groups is 1. The summed E-state index contributed by atoms with van der Waals surface area (Å²) in [7, 11) is 1.85. The first-order valence-electron chi connectivity index (χ1n) is 13.1. The van der Waals surface area contributed by atoms with Crippen molar-refractivity contribution in [3.8, 4) is 17.2 Å². The number of rotatable bonds is 14. The second kappa shape index (κ2) is 15.9. The number of carbonyl (C=O) groups excluding carboxylic acids is 3. The third kappa shape index (κ3) is 9.11. The van der Waals surface area contributed by atoms with Gasteiger partial charge in [-0.2, -0.15) is 0 Å². The highest BCUT2D eigenvalue weighted by atomic mass is 35.5. The number of nitrogens with one attached hydrogen (secondary N) is 2. The minimum Gasteiger partial charge on any atom is -0.505 e. The van der Waals surface area contributed by atoms with Crippen molar-refractivity contribution in [1.29, 1.82) is 0 Å². The number of phenolic OH excluding ortho intramolecular Hbond substituents is 1. The molecule has 3 N–H and O–H groups in total. The van der Waals surface area contributed by atoms with Gasteiger partial charge in [-0.25, -0.2) is 9.59 Å². The van der Waals surface area contributed by atoms with Crippen LogP contribution in [0.25, 0.3) is 0 Å². The molecule has 11 heteroatoms. The summed E-state index contributed by atoms with van der Waals surface area (Å²) in [6.07, 6.45) is 1.69. The molecule has 3 aromatic rings. The Balaban J connectivity index is 1.78. The first kappa shape index (κ1) is 31.7. The van der Waals surface area contributed by atoms with E-state index < -0.39 is 29.6 Å². The molecule has 0 aliphatic rings. The van der Waals surface area contributed by atoms with Crippen molar-refractivity contribution in [3.05, 3.63) is 87.4 Å². The van der Waals surface area contributed by atoms with E-state index in [-0.39, 0.29) is 40.1 Å². The average Bonchev–Trinajstić information content (AvgIpc) is 2.97. The second-order valence-corrected chi connectivity index (χ2v) is 9.72. The Morgan fingerprint density at radius 1 is 1.00 bits per heavy atom. The van der Waals surface area contributed by atoms with E-state index in [0.29, 0.717) is 12.2 Å². The van der Waals surface area contributed by atoms with E-state index in [1.54, 1.807) is 31.2 Å². The summed E-state index contributed by atoms with van der Waals surface area (Å²) >= 11 is 12.6. The lowest BCUT2D eigenvalue weighted by Crippen LogP contribution is -2.44. The van der Waals surface area contributed by atoms with Gasteiger partial charge in [-0.3, -0.25) is 4.79 Å². The molecule has 0 spiro atoms. The molecule has 0 aliphatic carbocycles. The van der Waals surface area contributed by atoms with E-state index in [9.17, 15) is 19.5 Å². The molecular weight excluding hydrogens is 571 g/mol. The van der Waals surface area contributed by atoms with E-state index in [0.717, 1.165) is 24.9 Å². The second-order valence-electron chi connectivity index (χ2n) is 8.94. The van der Waals surface area contributed by atoms with Gasteiger partial charge in [0.15, 0.2) is 11.5 Å². The Hall–Kier alpha value is -3.79. The van der Waals surface area contributed by atoms with E-state index in [1.807, 2.05) is 13.1 Å². The van der Waals surface area contributed by atoms with Crippen LogP contribution in [0.1, 0.15) is 46.0 Å². The molecule has 218 valence electrons. The minimum atomic E-state index is -1.14. The third-order valence-corrected chi connectivity index (χ3v) is 6.55. The lowest BCUT2D eigenvalue weighted by Gasteiger charge is -2.19. The van der Waals surface area contributed by atoms with Gasteiger partial charge in [0.25, 0.3) is 5.91 Å². The molecule has 0 saturated heterocycles. The zero-order chi connectivity index (χ0) is 29.8. The van der Waals surface area contributed by atoms with Crippen molar-refractivity contribution in [1.82, 2.24) is 10.6 Å². The van der Waals surface area contributed by atoms with Crippen LogP contribution in [0.15, 0.2) is 60.7 Å². The first-order chi connectivity index (χ1) is 19.7. The number of ether oxygens (including phenoxy) is 3. The average molecular weight is 603 g/mol.